The molecule has 0 aromatic heterocycles. The summed E-state index contributed by atoms with van der Waals surface area (Å²) in [7, 11) is -1.68. The van der Waals surface area contributed by atoms with Gasteiger partial charge in [0.15, 0.2) is 8.32 Å². The summed E-state index contributed by atoms with van der Waals surface area (Å²) in [4.78, 5) is 0. The second-order valence-corrected chi connectivity index (χ2v) is 14.9. The Labute approximate surface area is 146 Å². The van der Waals surface area contributed by atoms with Gasteiger partial charge in [0.1, 0.15) is 0 Å². The Balaban J connectivity index is 2.21. The Morgan fingerprint density at radius 3 is 2.39 bits per heavy atom. The molecule has 0 saturated heterocycles. The van der Waals surface area contributed by atoms with Crippen molar-refractivity contribution in [3.8, 4) is 0 Å². The number of nitrogens with two attached hydrogens (primary N) is 1. The average molecular weight is 340 g/mol. The second kappa shape index (κ2) is 6.80. The lowest BCUT2D eigenvalue weighted by Gasteiger charge is -2.56. The normalized spacial score (nSPS) is 37.3. The minimum Gasteiger partial charge on any atom is -0.414 e. The molecule has 0 bridgehead atoms. The summed E-state index contributed by atoms with van der Waals surface area (Å²) in [5, 5.41) is 0.305. The lowest BCUT2D eigenvalue weighted by atomic mass is 9.52. The zero-order chi connectivity index (χ0) is 17.5. The first-order valence-electron chi connectivity index (χ1n) is 9.91. The van der Waals surface area contributed by atoms with E-state index in [2.05, 4.69) is 47.7 Å². The Bertz CT molecular complexity index is 403. The molecule has 0 heterocycles. The summed E-state index contributed by atoms with van der Waals surface area (Å²) < 4.78 is 6.95. The SMILES string of the molecule is CC(CN)[C@H]1CCC[C@H]2[C@@H](O[Si](C)(C)C(C)(C)C)CCC[C@]12C. The Morgan fingerprint density at radius 1 is 1.17 bits per heavy atom. The summed E-state index contributed by atoms with van der Waals surface area (Å²) in [5.41, 5.74) is 6.50. The van der Waals surface area contributed by atoms with Gasteiger partial charge in [-0.15, -0.1) is 0 Å². The van der Waals surface area contributed by atoms with Crippen LogP contribution in [0.3, 0.4) is 0 Å². The topological polar surface area (TPSA) is 35.2 Å². The van der Waals surface area contributed by atoms with Gasteiger partial charge >= 0.3 is 0 Å². The van der Waals surface area contributed by atoms with E-state index in [4.69, 9.17) is 10.2 Å². The van der Waals surface area contributed by atoms with Crippen molar-refractivity contribution in [1.29, 1.82) is 0 Å². The van der Waals surface area contributed by atoms with Crippen LogP contribution >= 0.6 is 0 Å². The molecule has 2 saturated carbocycles. The summed E-state index contributed by atoms with van der Waals surface area (Å²) in [5.74, 6) is 2.18. The van der Waals surface area contributed by atoms with E-state index in [9.17, 15) is 0 Å². The molecule has 2 aliphatic carbocycles. The van der Waals surface area contributed by atoms with Crippen LogP contribution in [-0.4, -0.2) is 21.0 Å². The van der Waals surface area contributed by atoms with Crippen LogP contribution in [0.25, 0.3) is 0 Å². The van der Waals surface area contributed by atoms with Gasteiger partial charge in [0.2, 0.25) is 0 Å². The number of rotatable bonds is 4. The molecule has 0 radical (unpaired) electrons. The van der Waals surface area contributed by atoms with Gasteiger partial charge in [-0.1, -0.05) is 47.5 Å². The maximum atomic E-state index is 6.95. The van der Waals surface area contributed by atoms with E-state index < -0.39 is 8.32 Å². The van der Waals surface area contributed by atoms with Crippen molar-refractivity contribution in [2.75, 3.05) is 6.54 Å². The zero-order valence-corrected chi connectivity index (χ0v) is 17.7. The molecule has 2 nitrogen and oxygen atoms in total. The molecular weight excluding hydrogens is 298 g/mol. The van der Waals surface area contributed by atoms with Crippen molar-refractivity contribution in [3.63, 3.8) is 0 Å². The largest absolute Gasteiger partial charge is 0.414 e. The van der Waals surface area contributed by atoms with Crippen molar-refractivity contribution in [3.05, 3.63) is 0 Å². The molecule has 0 aromatic carbocycles. The monoisotopic (exact) mass is 339 g/mol. The van der Waals surface area contributed by atoms with Gasteiger partial charge in [0.05, 0.1) is 0 Å². The highest BCUT2D eigenvalue weighted by Crippen LogP contribution is 2.57. The second-order valence-electron chi connectivity index (χ2n) is 10.2. The van der Waals surface area contributed by atoms with E-state index in [-0.39, 0.29) is 0 Å². The average Bonchev–Trinajstić information content (AvgIpc) is 2.44. The molecule has 5 atom stereocenters. The molecule has 0 aliphatic heterocycles. The van der Waals surface area contributed by atoms with Gasteiger partial charge in [-0.25, -0.2) is 0 Å². The molecule has 3 heteroatoms. The van der Waals surface area contributed by atoms with Crippen LogP contribution in [0.5, 0.6) is 0 Å². The first-order chi connectivity index (χ1) is 10.5. The van der Waals surface area contributed by atoms with E-state index in [0.717, 1.165) is 18.4 Å². The first-order valence-corrected chi connectivity index (χ1v) is 12.8. The minimum atomic E-state index is -1.68. The molecule has 2 fully saturated rings. The van der Waals surface area contributed by atoms with E-state index >= 15 is 0 Å². The lowest BCUT2D eigenvalue weighted by molar-refractivity contribution is -0.0855. The molecule has 2 rings (SSSR count). The van der Waals surface area contributed by atoms with Crippen LogP contribution in [0.15, 0.2) is 0 Å². The molecular formula is C20H41NOSi. The van der Waals surface area contributed by atoms with Crippen LogP contribution in [0.2, 0.25) is 18.1 Å². The maximum absolute atomic E-state index is 6.95. The van der Waals surface area contributed by atoms with Crippen molar-refractivity contribution in [1.82, 2.24) is 0 Å². The van der Waals surface area contributed by atoms with Crippen LogP contribution < -0.4 is 5.73 Å². The Kier molecular flexibility index (Phi) is 5.75. The summed E-state index contributed by atoms with van der Waals surface area (Å²) in [6.45, 7) is 17.7. The highest BCUT2D eigenvalue weighted by Gasteiger charge is 2.52. The van der Waals surface area contributed by atoms with Crippen molar-refractivity contribution < 1.29 is 4.43 Å². The maximum Gasteiger partial charge on any atom is 0.192 e. The summed E-state index contributed by atoms with van der Waals surface area (Å²) in [6, 6.07) is 0. The fourth-order valence-corrected chi connectivity index (χ4v) is 6.55. The molecule has 136 valence electrons. The molecule has 1 unspecified atom stereocenters. The van der Waals surface area contributed by atoms with Gasteiger partial charge in [-0.3, -0.25) is 0 Å². The van der Waals surface area contributed by atoms with Crippen LogP contribution in [-0.2, 0) is 4.43 Å². The standard InChI is InChI=1S/C20H41NOSi/c1-15(14-21)16-10-8-11-17-18(12-9-13-20(16,17)5)22-23(6,7)19(2,3)4/h15-18H,8-14,21H2,1-7H3/t15?,16-,17+,18+,20-/m1/s1. The lowest BCUT2D eigenvalue weighted by Crippen LogP contribution is -2.54. The van der Waals surface area contributed by atoms with Crippen LogP contribution in [0.1, 0.15) is 73.1 Å². The molecule has 0 amide bonds. The molecule has 2 aliphatic rings. The van der Waals surface area contributed by atoms with E-state index in [1.807, 2.05) is 0 Å². The zero-order valence-electron chi connectivity index (χ0n) is 16.7. The van der Waals surface area contributed by atoms with Gasteiger partial charge < -0.3 is 10.2 Å². The third kappa shape index (κ3) is 3.72. The van der Waals surface area contributed by atoms with Crippen molar-refractivity contribution in [2.45, 2.75) is 97.4 Å². The summed E-state index contributed by atoms with van der Waals surface area (Å²) >= 11 is 0. The predicted octanol–water partition coefficient (Wildman–Crippen LogP) is 5.58. The quantitative estimate of drug-likeness (QED) is 0.679. The van der Waals surface area contributed by atoms with Crippen molar-refractivity contribution >= 4 is 8.32 Å². The first kappa shape index (κ1) is 19.5. The fourth-order valence-electron chi connectivity index (χ4n) is 5.15. The molecule has 23 heavy (non-hydrogen) atoms. The van der Waals surface area contributed by atoms with E-state index in [1.165, 1.54) is 38.5 Å². The van der Waals surface area contributed by atoms with Crippen LogP contribution in [0.4, 0.5) is 0 Å². The number of fused-ring (bicyclic) bond motifs is 1. The number of hydrogen-bond acceptors (Lipinski definition) is 2. The van der Waals surface area contributed by atoms with E-state index in [0.29, 0.717) is 22.5 Å². The Hall–Kier alpha value is 0.137. The number of hydrogen-bond donors (Lipinski definition) is 1. The van der Waals surface area contributed by atoms with Crippen LogP contribution in [0, 0.1) is 23.2 Å². The highest BCUT2D eigenvalue weighted by molar-refractivity contribution is 6.74. The van der Waals surface area contributed by atoms with Gasteiger partial charge in [0, 0.05) is 6.10 Å². The highest BCUT2D eigenvalue weighted by atomic mass is 28.4. The smallest absolute Gasteiger partial charge is 0.192 e. The molecule has 0 aromatic rings. The minimum absolute atomic E-state index is 0.305. The van der Waals surface area contributed by atoms with Gasteiger partial charge in [-0.05, 0) is 73.5 Å². The molecule has 2 N–H and O–H groups in total. The summed E-state index contributed by atoms with van der Waals surface area (Å²) in [6.07, 6.45) is 8.58. The predicted molar refractivity (Wildman–Crippen MR) is 103 cm³/mol. The Morgan fingerprint density at radius 2 is 1.83 bits per heavy atom. The van der Waals surface area contributed by atoms with Gasteiger partial charge in [-0.2, -0.15) is 0 Å². The van der Waals surface area contributed by atoms with Gasteiger partial charge in [0.25, 0.3) is 0 Å². The van der Waals surface area contributed by atoms with Crippen molar-refractivity contribution in [2.24, 2.45) is 28.9 Å². The van der Waals surface area contributed by atoms with E-state index in [1.54, 1.807) is 0 Å². The fraction of sp³-hybridized carbons (Fsp3) is 1.00. The third-order valence-electron chi connectivity index (χ3n) is 7.69. The third-order valence-corrected chi connectivity index (χ3v) is 12.2. The molecule has 0 spiro atoms.